The molecule has 0 amide bonds. The minimum atomic E-state index is 0.188. The first-order chi connectivity index (χ1) is 9.70. The van der Waals surface area contributed by atoms with Crippen LogP contribution in [0.5, 0.6) is 5.75 Å². The van der Waals surface area contributed by atoms with Crippen molar-refractivity contribution in [3.8, 4) is 5.75 Å². The second-order valence-corrected chi connectivity index (χ2v) is 5.28. The van der Waals surface area contributed by atoms with Crippen molar-refractivity contribution in [2.75, 3.05) is 13.7 Å². The van der Waals surface area contributed by atoms with Crippen LogP contribution in [0.1, 0.15) is 18.0 Å². The van der Waals surface area contributed by atoms with Crippen LogP contribution in [-0.2, 0) is 0 Å². The fourth-order valence-corrected chi connectivity index (χ4v) is 2.32. The van der Waals surface area contributed by atoms with Gasteiger partial charge in [-0.05, 0) is 36.9 Å². The van der Waals surface area contributed by atoms with Crippen molar-refractivity contribution in [3.63, 3.8) is 0 Å². The predicted molar refractivity (Wildman–Crippen MR) is 84.8 cm³/mol. The third kappa shape index (κ3) is 4.14. The van der Waals surface area contributed by atoms with Gasteiger partial charge in [-0.25, -0.2) is 0 Å². The van der Waals surface area contributed by atoms with E-state index in [-0.39, 0.29) is 6.04 Å². The van der Waals surface area contributed by atoms with Crippen LogP contribution in [-0.4, -0.2) is 13.7 Å². The molecule has 0 bridgehead atoms. The maximum Gasteiger partial charge on any atom is 0.119 e. The SMILES string of the molecule is CNC(CCOc1ccccc1)c1ccc(Cl)c(Cl)c1. The van der Waals surface area contributed by atoms with E-state index >= 15 is 0 Å². The molecule has 0 aromatic heterocycles. The Hall–Kier alpha value is -1.22. The van der Waals surface area contributed by atoms with Crippen molar-refractivity contribution in [2.45, 2.75) is 12.5 Å². The van der Waals surface area contributed by atoms with Crippen LogP contribution in [0.15, 0.2) is 48.5 Å². The van der Waals surface area contributed by atoms with E-state index in [1.165, 1.54) is 0 Å². The summed E-state index contributed by atoms with van der Waals surface area (Å²) >= 11 is 12.0. The van der Waals surface area contributed by atoms with E-state index < -0.39 is 0 Å². The van der Waals surface area contributed by atoms with Gasteiger partial charge >= 0.3 is 0 Å². The van der Waals surface area contributed by atoms with Crippen LogP contribution in [0.3, 0.4) is 0 Å². The number of ether oxygens (including phenoxy) is 1. The van der Waals surface area contributed by atoms with E-state index in [2.05, 4.69) is 5.32 Å². The molecule has 4 heteroatoms. The molecule has 0 radical (unpaired) electrons. The Kier molecular flexibility index (Phi) is 5.72. The second-order valence-electron chi connectivity index (χ2n) is 4.46. The number of benzene rings is 2. The highest BCUT2D eigenvalue weighted by Gasteiger charge is 2.11. The van der Waals surface area contributed by atoms with Crippen molar-refractivity contribution < 1.29 is 4.74 Å². The fourth-order valence-electron chi connectivity index (χ4n) is 2.02. The minimum Gasteiger partial charge on any atom is -0.494 e. The standard InChI is InChI=1S/C16H17Cl2NO/c1-19-16(12-7-8-14(17)15(18)11-12)9-10-20-13-5-3-2-4-6-13/h2-8,11,16,19H,9-10H2,1H3. The Morgan fingerprint density at radius 3 is 2.45 bits per heavy atom. The van der Waals surface area contributed by atoms with Gasteiger partial charge in [-0.15, -0.1) is 0 Å². The minimum absolute atomic E-state index is 0.188. The number of para-hydroxylation sites is 1. The molecule has 1 unspecified atom stereocenters. The third-order valence-electron chi connectivity index (χ3n) is 3.11. The summed E-state index contributed by atoms with van der Waals surface area (Å²) in [6.07, 6.45) is 0.851. The van der Waals surface area contributed by atoms with Crippen LogP contribution in [0.2, 0.25) is 10.0 Å². The van der Waals surface area contributed by atoms with Crippen molar-refractivity contribution in [1.82, 2.24) is 5.32 Å². The molecule has 0 fully saturated rings. The summed E-state index contributed by atoms with van der Waals surface area (Å²) in [6.45, 7) is 0.635. The monoisotopic (exact) mass is 309 g/mol. The Labute approximate surface area is 129 Å². The maximum atomic E-state index is 6.05. The van der Waals surface area contributed by atoms with E-state index in [9.17, 15) is 0 Å². The molecule has 0 aliphatic heterocycles. The van der Waals surface area contributed by atoms with Crippen LogP contribution in [0.4, 0.5) is 0 Å². The molecule has 0 aliphatic carbocycles. The number of nitrogens with one attached hydrogen (secondary N) is 1. The fraction of sp³-hybridized carbons (Fsp3) is 0.250. The highest BCUT2D eigenvalue weighted by Crippen LogP contribution is 2.26. The van der Waals surface area contributed by atoms with Gasteiger partial charge in [0.2, 0.25) is 0 Å². The normalized spacial score (nSPS) is 12.2. The summed E-state index contributed by atoms with van der Waals surface area (Å²) in [5.41, 5.74) is 1.11. The molecule has 0 heterocycles. The van der Waals surface area contributed by atoms with Crippen molar-refractivity contribution in [3.05, 3.63) is 64.1 Å². The van der Waals surface area contributed by atoms with Crippen molar-refractivity contribution >= 4 is 23.2 Å². The van der Waals surface area contributed by atoms with E-state index in [0.29, 0.717) is 16.7 Å². The average molecular weight is 310 g/mol. The summed E-state index contributed by atoms with van der Waals surface area (Å²) in [7, 11) is 1.93. The van der Waals surface area contributed by atoms with Crippen LogP contribution in [0.25, 0.3) is 0 Å². The predicted octanol–water partition coefficient (Wildman–Crippen LogP) is 4.72. The molecule has 1 N–H and O–H groups in total. The summed E-state index contributed by atoms with van der Waals surface area (Å²) in [6, 6.07) is 15.7. The molecule has 2 aromatic rings. The molecule has 106 valence electrons. The Balaban J connectivity index is 1.93. The number of halogens is 2. The maximum absolute atomic E-state index is 6.05. The van der Waals surface area contributed by atoms with Crippen molar-refractivity contribution in [2.24, 2.45) is 0 Å². The first kappa shape index (κ1) is 15.2. The molecular formula is C16H17Cl2NO. The molecule has 0 saturated heterocycles. The van der Waals surface area contributed by atoms with E-state index in [1.54, 1.807) is 0 Å². The lowest BCUT2D eigenvalue weighted by molar-refractivity contribution is 0.290. The topological polar surface area (TPSA) is 21.3 Å². The zero-order valence-electron chi connectivity index (χ0n) is 11.3. The van der Waals surface area contributed by atoms with Gasteiger partial charge in [0.25, 0.3) is 0 Å². The van der Waals surface area contributed by atoms with Gasteiger partial charge < -0.3 is 10.1 Å². The van der Waals surface area contributed by atoms with Crippen LogP contribution >= 0.6 is 23.2 Å². The van der Waals surface area contributed by atoms with Crippen molar-refractivity contribution in [1.29, 1.82) is 0 Å². The van der Waals surface area contributed by atoms with Gasteiger partial charge in [-0.3, -0.25) is 0 Å². The lowest BCUT2D eigenvalue weighted by Crippen LogP contribution is -2.19. The van der Waals surface area contributed by atoms with Crippen LogP contribution in [0, 0.1) is 0 Å². The summed E-state index contributed by atoms with van der Waals surface area (Å²) in [5, 5.41) is 4.42. The molecule has 0 spiro atoms. The van der Waals surface area contributed by atoms with Gasteiger partial charge in [-0.2, -0.15) is 0 Å². The van der Waals surface area contributed by atoms with E-state index in [0.717, 1.165) is 17.7 Å². The smallest absolute Gasteiger partial charge is 0.119 e. The molecule has 20 heavy (non-hydrogen) atoms. The Morgan fingerprint density at radius 1 is 1.05 bits per heavy atom. The second kappa shape index (κ2) is 7.53. The highest BCUT2D eigenvalue weighted by molar-refractivity contribution is 6.42. The van der Waals surface area contributed by atoms with Gasteiger partial charge in [0.15, 0.2) is 0 Å². The van der Waals surface area contributed by atoms with Gasteiger partial charge in [-0.1, -0.05) is 47.5 Å². The summed E-state index contributed by atoms with van der Waals surface area (Å²) in [5.74, 6) is 0.886. The average Bonchev–Trinajstić information content (AvgIpc) is 2.48. The van der Waals surface area contributed by atoms with E-state index in [1.807, 2.05) is 55.6 Å². The third-order valence-corrected chi connectivity index (χ3v) is 3.85. The molecule has 1 atom stereocenters. The Bertz CT molecular complexity index is 545. The quantitative estimate of drug-likeness (QED) is 0.833. The lowest BCUT2D eigenvalue weighted by Gasteiger charge is -2.17. The van der Waals surface area contributed by atoms with Gasteiger partial charge in [0, 0.05) is 12.5 Å². The summed E-state index contributed by atoms with van der Waals surface area (Å²) < 4.78 is 5.71. The van der Waals surface area contributed by atoms with E-state index in [4.69, 9.17) is 27.9 Å². The van der Waals surface area contributed by atoms with Crippen LogP contribution < -0.4 is 10.1 Å². The first-order valence-corrected chi connectivity index (χ1v) is 7.26. The number of rotatable bonds is 6. The van der Waals surface area contributed by atoms with Gasteiger partial charge in [0.1, 0.15) is 5.75 Å². The Morgan fingerprint density at radius 2 is 1.80 bits per heavy atom. The molecule has 2 rings (SSSR count). The zero-order chi connectivity index (χ0) is 14.4. The molecule has 0 aliphatic rings. The number of hydrogen-bond donors (Lipinski definition) is 1. The zero-order valence-corrected chi connectivity index (χ0v) is 12.8. The lowest BCUT2D eigenvalue weighted by atomic mass is 10.0. The first-order valence-electron chi connectivity index (χ1n) is 6.51. The summed E-state index contributed by atoms with van der Waals surface area (Å²) in [4.78, 5) is 0. The van der Waals surface area contributed by atoms with Gasteiger partial charge in [0.05, 0.1) is 16.7 Å². The molecular weight excluding hydrogens is 293 g/mol. The largest absolute Gasteiger partial charge is 0.494 e. The molecule has 2 aromatic carbocycles. The molecule has 0 saturated carbocycles. The molecule has 2 nitrogen and oxygen atoms in total. The number of hydrogen-bond acceptors (Lipinski definition) is 2. The highest BCUT2D eigenvalue weighted by atomic mass is 35.5.